The molecule has 0 spiro atoms. The first-order valence-corrected chi connectivity index (χ1v) is 7.15. The number of hydrogen-bond acceptors (Lipinski definition) is 4. The van der Waals surface area contributed by atoms with Crippen LogP contribution in [0.5, 0.6) is 5.75 Å². The molecular formula is C10H10BrN3O3S. The van der Waals surface area contributed by atoms with Crippen LogP contribution in [0.2, 0.25) is 0 Å². The summed E-state index contributed by atoms with van der Waals surface area (Å²) in [6, 6.07) is 5.01. The SMILES string of the molecule is COc1ccc(Br)c(NS(=O)(=O)c2cn[nH]c2)c1. The highest BCUT2D eigenvalue weighted by Crippen LogP contribution is 2.28. The van der Waals surface area contributed by atoms with E-state index in [0.29, 0.717) is 15.9 Å². The van der Waals surface area contributed by atoms with E-state index >= 15 is 0 Å². The Morgan fingerprint density at radius 3 is 2.83 bits per heavy atom. The number of nitrogens with zero attached hydrogens (tertiary/aromatic N) is 1. The van der Waals surface area contributed by atoms with E-state index in [2.05, 4.69) is 30.8 Å². The molecule has 8 heteroatoms. The number of anilines is 1. The van der Waals surface area contributed by atoms with Crippen molar-refractivity contribution in [2.45, 2.75) is 4.90 Å². The second-order valence-electron chi connectivity index (χ2n) is 3.39. The minimum atomic E-state index is -3.65. The van der Waals surface area contributed by atoms with E-state index in [9.17, 15) is 8.42 Å². The van der Waals surface area contributed by atoms with Crippen LogP contribution in [0.4, 0.5) is 5.69 Å². The van der Waals surface area contributed by atoms with Crippen LogP contribution in [0.15, 0.2) is 40.0 Å². The van der Waals surface area contributed by atoms with Gasteiger partial charge in [0, 0.05) is 16.7 Å². The van der Waals surface area contributed by atoms with E-state index in [0.717, 1.165) is 0 Å². The van der Waals surface area contributed by atoms with Gasteiger partial charge in [0.25, 0.3) is 10.0 Å². The van der Waals surface area contributed by atoms with Gasteiger partial charge in [0.05, 0.1) is 19.0 Å². The first kappa shape index (κ1) is 12.9. The Balaban J connectivity index is 2.35. The van der Waals surface area contributed by atoms with Crippen LogP contribution >= 0.6 is 15.9 Å². The molecule has 0 aliphatic rings. The quantitative estimate of drug-likeness (QED) is 0.897. The molecule has 0 amide bonds. The van der Waals surface area contributed by atoms with Crippen LogP contribution in [-0.4, -0.2) is 25.7 Å². The number of hydrogen-bond donors (Lipinski definition) is 2. The van der Waals surface area contributed by atoms with Crippen molar-refractivity contribution in [1.82, 2.24) is 10.2 Å². The third kappa shape index (κ3) is 2.65. The average Bonchev–Trinajstić information content (AvgIpc) is 2.86. The van der Waals surface area contributed by atoms with Crippen LogP contribution < -0.4 is 9.46 Å². The van der Waals surface area contributed by atoms with Gasteiger partial charge in [-0.2, -0.15) is 5.10 Å². The zero-order chi connectivity index (χ0) is 13.2. The molecule has 0 unspecified atom stereocenters. The fraction of sp³-hybridized carbons (Fsp3) is 0.100. The summed E-state index contributed by atoms with van der Waals surface area (Å²) in [7, 11) is -2.14. The van der Waals surface area contributed by atoms with E-state index in [1.165, 1.54) is 19.5 Å². The number of aromatic amines is 1. The average molecular weight is 332 g/mol. The molecule has 1 aromatic carbocycles. The number of rotatable bonds is 4. The summed E-state index contributed by atoms with van der Waals surface area (Å²) in [5.74, 6) is 0.558. The molecule has 2 aromatic rings. The third-order valence-electron chi connectivity index (χ3n) is 2.20. The molecule has 96 valence electrons. The second kappa shape index (κ2) is 4.99. The van der Waals surface area contributed by atoms with Gasteiger partial charge in [-0.25, -0.2) is 8.42 Å². The zero-order valence-electron chi connectivity index (χ0n) is 9.34. The molecule has 0 saturated heterocycles. The minimum absolute atomic E-state index is 0.0669. The number of H-pyrrole nitrogens is 1. The maximum Gasteiger partial charge on any atom is 0.265 e. The first-order chi connectivity index (χ1) is 8.53. The molecule has 1 heterocycles. The molecule has 0 saturated carbocycles. The zero-order valence-corrected chi connectivity index (χ0v) is 11.7. The van der Waals surface area contributed by atoms with Crippen LogP contribution in [0.3, 0.4) is 0 Å². The summed E-state index contributed by atoms with van der Waals surface area (Å²) in [5, 5.41) is 6.06. The van der Waals surface area contributed by atoms with Gasteiger partial charge in [0.15, 0.2) is 0 Å². The van der Waals surface area contributed by atoms with E-state index in [1.54, 1.807) is 18.2 Å². The molecule has 0 aliphatic carbocycles. The molecule has 0 radical (unpaired) electrons. The lowest BCUT2D eigenvalue weighted by atomic mass is 10.3. The lowest BCUT2D eigenvalue weighted by Gasteiger charge is -2.09. The lowest BCUT2D eigenvalue weighted by molar-refractivity contribution is 0.415. The van der Waals surface area contributed by atoms with Crippen LogP contribution in [0, 0.1) is 0 Å². The predicted octanol–water partition coefficient (Wildman–Crippen LogP) is 1.98. The highest BCUT2D eigenvalue weighted by atomic mass is 79.9. The number of aromatic nitrogens is 2. The topological polar surface area (TPSA) is 84.1 Å². The normalized spacial score (nSPS) is 11.2. The molecule has 1 aromatic heterocycles. The standard InChI is InChI=1S/C10H10BrN3O3S/c1-17-7-2-3-9(11)10(4-7)14-18(15,16)8-5-12-13-6-8/h2-6,14H,1H3,(H,12,13). The van der Waals surface area contributed by atoms with Gasteiger partial charge in [-0.05, 0) is 28.1 Å². The number of sulfonamides is 1. The van der Waals surface area contributed by atoms with Gasteiger partial charge < -0.3 is 4.74 Å². The van der Waals surface area contributed by atoms with Crippen LogP contribution in [-0.2, 0) is 10.0 Å². The highest BCUT2D eigenvalue weighted by Gasteiger charge is 2.16. The Labute approximate surface area is 113 Å². The number of nitrogens with one attached hydrogen (secondary N) is 2. The Morgan fingerprint density at radius 1 is 1.44 bits per heavy atom. The van der Waals surface area contributed by atoms with Gasteiger partial charge in [-0.15, -0.1) is 0 Å². The highest BCUT2D eigenvalue weighted by molar-refractivity contribution is 9.10. The largest absolute Gasteiger partial charge is 0.497 e. The Morgan fingerprint density at radius 2 is 2.22 bits per heavy atom. The van der Waals surface area contributed by atoms with Crippen molar-refractivity contribution in [2.75, 3.05) is 11.8 Å². The van der Waals surface area contributed by atoms with E-state index < -0.39 is 10.0 Å². The summed E-state index contributed by atoms with van der Waals surface area (Å²) in [4.78, 5) is 0.0669. The second-order valence-corrected chi connectivity index (χ2v) is 5.92. The predicted molar refractivity (Wildman–Crippen MR) is 70.1 cm³/mol. The van der Waals surface area contributed by atoms with Crippen molar-refractivity contribution in [3.05, 3.63) is 35.1 Å². The summed E-state index contributed by atoms with van der Waals surface area (Å²) in [5.41, 5.74) is 0.399. The van der Waals surface area contributed by atoms with Gasteiger partial charge in [0.1, 0.15) is 10.6 Å². The summed E-state index contributed by atoms with van der Waals surface area (Å²) >= 11 is 3.27. The van der Waals surface area contributed by atoms with Gasteiger partial charge >= 0.3 is 0 Å². The van der Waals surface area contributed by atoms with Crippen molar-refractivity contribution in [3.63, 3.8) is 0 Å². The lowest BCUT2D eigenvalue weighted by Crippen LogP contribution is -2.12. The van der Waals surface area contributed by atoms with Crippen molar-refractivity contribution >= 4 is 31.6 Å². The minimum Gasteiger partial charge on any atom is -0.497 e. The maximum atomic E-state index is 12.0. The number of halogens is 1. The van der Waals surface area contributed by atoms with E-state index in [1.807, 2.05) is 0 Å². The van der Waals surface area contributed by atoms with Gasteiger partial charge in [0.2, 0.25) is 0 Å². The first-order valence-electron chi connectivity index (χ1n) is 4.88. The monoisotopic (exact) mass is 331 g/mol. The molecular weight excluding hydrogens is 322 g/mol. The van der Waals surface area contributed by atoms with Crippen LogP contribution in [0.25, 0.3) is 0 Å². The summed E-state index contributed by atoms with van der Waals surface area (Å²) in [6.45, 7) is 0. The van der Waals surface area contributed by atoms with E-state index in [4.69, 9.17) is 4.74 Å². The molecule has 6 nitrogen and oxygen atoms in total. The van der Waals surface area contributed by atoms with Crippen molar-refractivity contribution in [3.8, 4) is 5.75 Å². The number of benzene rings is 1. The fourth-order valence-electron chi connectivity index (χ4n) is 1.30. The van der Waals surface area contributed by atoms with Crippen molar-refractivity contribution in [2.24, 2.45) is 0 Å². The van der Waals surface area contributed by atoms with Crippen molar-refractivity contribution in [1.29, 1.82) is 0 Å². The van der Waals surface area contributed by atoms with Crippen LogP contribution in [0.1, 0.15) is 0 Å². The third-order valence-corrected chi connectivity index (χ3v) is 4.23. The molecule has 0 fully saturated rings. The number of methoxy groups -OCH3 is 1. The molecule has 0 aliphatic heterocycles. The summed E-state index contributed by atoms with van der Waals surface area (Å²) < 4.78 is 32.1. The molecule has 2 N–H and O–H groups in total. The Bertz CT molecular complexity index is 640. The van der Waals surface area contributed by atoms with E-state index in [-0.39, 0.29) is 4.90 Å². The molecule has 0 bridgehead atoms. The van der Waals surface area contributed by atoms with Gasteiger partial charge in [-0.3, -0.25) is 9.82 Å². The van der Waals surface area contributed by atoms with Gasteiger partial charge in [-0.1, -0.05) is 0 Å². The Kier molecular flexibility index (Phi) is 3.58. The van der Waals surface area contributed by atoms with Crippen molar-refractivity contribution < 1.29 is 13.2 Å². The Hall–Kier alpha value is -1.54. The molecule has 0 atom stereocenters. The number of ether oxygens (including phenoxy) is 1. The summed E-state index contributed by atoms with van der Waals surface area (Å²) in [6.07, 6.45) is 2.53. The molecule has 2 rings (SSSR count). The smallest absolute Gasteiger partial charge is 0.265 e. The maximum absolute atomic E-state index is 12.0. The fourth-order valence-corrected chi connectivity index (χ4v) is 2.75. The molecule has 18 heavy (non-hydrogen) atoms.